The van der Waals surface area contributed by atoms with Gasteiger partial charge in [0.25, 0.3) is 5.03 Å². The van der Waals surface area contributed by atoms with Gasteiger partial charge in [0, 0.05) is 12.5 Å². The zero-order chi connectivity index (χ0) is 10.9. The van der Waals surface area contributed by atoms with Crippen LogP contribution in [0.5, 0.6) is 0 Å². The third-order valence-corrected chi connectivity index (χ3v) is 2.73. The molecule has 1 rings (SSSR count). The zero-order valence-corrected chi connectivity index (χ0v) is 8.06. The molecule has 0 unspecified atom stereocenters. The molecule has 1 aromatic heterocycles. The van der Waals surface area contributed by atoms with Gasteiger partial charge in [-0.05, 0) is 0 Å². The number of aromatic nitrogens is 2. The van der Waals surface area contributed by atoms with Gasteiger partial charge in [-0.2, -0.15) is 5.10 Å². The standard InChI is InChI=1S/C6H7N3O4S/c1-3-14(12,13)6-5(9(10)11)4-8(2)7-6/h3-4H,1H2,2H3. The van der Waals surface area contributed by atoms with Crippen LogP contribution in [0.3, 0.4) is 0 Å². The van der Waals surface area contributed by atoms with Crippen LogP contribution < -0.4 is 0 Å². The molecule has 0 fully saturated rings. The van der Waals surface area contributed by atoms with Crippen molar-refractivity contribution in [1.29, 1.82) is 0 Å². The first-order valence-corrected chi connectivity index (χ1v) is 4.98. The molecule has 0 saturated heterocycles. The van der Waals surface area contributed by atoms with E-state index in [0.717, 1.165) is 10.9 Å². The Morgan fingerprint density at radius 1 is 1.71 bits per heavy atom. The van der Waals surface area contributed by atoms with Crippen molar-refractivity contribution in [2.75, 3.05) is 0 Å². The molecule has 76 valence electrons. The molecule has 0 aromatic carbocycles. The molecule has 0 spiro atoms. The van der Waals surface area contributed by atoms with Gasteiger partial charge in [0.05, 0.1) is 4.92 Å². The maximum absolute atomic E-state index is 11.2. The van der Waals surface area contributed by atoms with Gasteiger partial charge in [0.2, 0.25) is 9.84 Å². The predicted molar refractivity (Wildman–Crippen MR) is 47.2 cm³/mol. The van der Waals surface area contributed by atoms with Crippen molar-refractivity contribution < 1.29 is 13.3 Å². The number of sulfone groups is 1. The van der Waals surface area contributed by atoms with Crippen molar-refractivity contribution in [2.24, 2.45) is 7.05 Å². The first kappa shape index (κ1) is 10.4. The summed E-state index contributed by atoms with van der Waals surface area (Å²) in [7, 11) is -2.46. The van der Waals surface area contributed by atoms with Crippen molar-refractivity contribution in [3.8, 4) is 0 Å². The summed E-state index contributed by atoms with van der Waals surface area (Å²) in [6, 6.07) is 0. The summed E-state index contributed by atoms with van der Waals surface area (Å²) >= 11 is 0. The molecule has 8 heteroatoms. The van der Waals surface area contributed by atoms with Gasteiger partial charge in [-0.3, -0.25) is 14.8 Å². The highest BCUT2D eigenvalue weighted by atomic mass is 32.2. The molecule has 0 aliphatic rings. The molecule has 0 amide bonds. The van der Waals surface area contributed by atoms with Crippen LogP contribution in [0.2, 0.25) is 0 Å². The van der Waals surface area contributed by atoms with E-state index in [4.69, 9.17) is 0 Å². The molecule has 14 heavy (non-hydrogen) atoms. The fourth-order valence-corrected chi connectivity index (χ4v) is 1.68. The van der Waals surface area contributed by atoms with Gasteiger partial charge in [-0.1, -0.05) is 6.58 Å². The summed E-state index contributed by atoms with van der Waals surface area (Å²) in [5.41, 5.74) is -0.549. The maximum atomic E-state index is 11.2. The third kappa shape index (κ3) is 1.64. The van der Waals surface area contributed by atoms with E-state index in [2.05, 4.69) is 11.7 Å². The Bertz CT molecular complexity index is 487. The molecule has 0 saturated carbocycles. The van der Waals surface area contributed by atoms with Gasteiger partial charge >= 0.3 is 5.69 Å². The van der Waals surface area contributed by atoms with E-state index in [0.29, 0.717) is 5.41 Å². The summed E-state index contributed by atoms with van der Waals surface area (Å²) in [6.07, 6.45) is 1.02. The summed E-state index contributed by atoms with van der Waals surface area (Å²) in [5, 5.41) is 14.0. The van der Waals surface area contributed by atoms with E-state index in [1.54, 1.807) is 0 Å². The van der Waals surface area contributed by atoms with Gasteiger partial charge in [0.15, 0.2) is 0 Å². The first-order valence-electron chi connectivity index (χ1n) is 3.44. The lowest BCUT2D eigenvalue weighted by molar-refractivity contribution is -0.387. The van der Waals surface area contributed by atoms with E-state index in [1.807, 2.05) is 0 Å². The second kappa shape index (κ2) is 3.22. The molecule has 7 nitrogen and oxygen atoms in total. The fraction of sp³-hybridized carbons (Fsp3) is 0.167. The Balaban J connectivity index is 3.49. The van der Waals surface area contributed by atoms with E-state index in [9.17, 15) is 18.5 Å². The lowest BCUT2D eigenvalue weighted by atomic mass is 10.6. The predicted octanol–water partition coefficient (Wildman–Crippen LogP) is 0.245. The number of hydrogen-bond donors (Lipinski definition) is 0. The Kier molecular flexibility index (Phi) is 2.39. The second-order valence-electron chi connectivity index (χ2n) is 2.46. The van der Waals surface area contributed by atoms with Crippen molar-refractivity contribution >= 4 is 15.5 Å². The van der Waals surface area contributed by atoms with E-state index in [-0.39, 0.29) is 0 Å². The fourth-order valence-electron chi connectivity index (χ4n) is 0.862. The topological polar surface area (TPSA) is 95.1 Å². The van der Waals surface area contributed by atoms with Crippen molar-refractivity contribution in [2.45, 2.75) is 5.03 Å². The largest absolute Gasteiger partial charge is 0.326 e. The summed E-state index contributed by atoms with van der Waals surface area (Å²) in [6.45, 7) is 3.06. The molecule has 0 atom stereocenters. The highest BCUT2D eigenvalue weighted by Crippen LogP contribution is 2.22. The van der Waals surface area contributed by atoms with E-state index < -0.39 is 25.5 Å². The number of aryl methyl sites for hydroxylation is 1. The van der Waals surface area contributed by atoms with Crippen LogP contribution in [-0.4, -0.2) is 23.1 Å². The van der Waals surface area contributed by atoms with E-state index >= 15 is 0 Å². The number of nitrogens with zero attached hydrogens (tertiary/aromatic N) is 3. The van der Waals surface area contributed by atoms with E-state index in [1.165, 1.54) is 7.05 Å². The lowest BCUT2D eigenvalue weighted by Gasteiger charge is -1.91. The molecule has 0 N–H and O–H groups in total. The van der Waals surface area contributed by atoms with Gasteiger partial charge < -0.3 is 0 Å². The van der Waals surface area contributed by atoms with Gasteiger partial charge in [-0.15, -0.1) is 0 Å². The highest BCUT2D eigenvalue weighted by molar-refractivity contribution is 7.94. The minimum absolute atomic E-state index is 0.549. The van der Waals surface area contributed by atoms with Crippen LogP contribution in [-0.2, 0) is 16.9 Å². The number of hydrogen-bond acceptors (Lipinski definition) is 5. The minimum atomic E-state index is -3.86. The van der Waals surface area contributed by atoms with Crippen LogP contribution in [0.15, 0.2) is 23.2 Å². The van der Waals surface area contributed by atoms with Crippen molar-refractivity contribution in [3.63, 3.8) is 0 Å². The van der Waals surface area contributed by atoms with Crippen molar-refractivity contribution in [3.05, 3.63) is 28.3 Å². The second-order valence-corrected chi connectivity index (χ2v) is 4.27. The summed E-state index contributed by atoms with van der Waals surface area (Å²) < 4.78 is 23.5. The minimum Gasteiger partial charge on any atom is -0.267 e. The first-order chi connectivity index (χ1) is 6.38. The molecular weight excluding hydrogens is 210 g/mol. The third-order valence-electron chi connectivity index (χ3n) is 1.46. The van der Waals surface area contributed by atoms with Crippen LogP contribution in [0.4, 0.5) is 5.69 Å². The van der Waals surface area contributed by atoms with Crippen LogP contribution in [0.1, 0.15) is 0 Å². The summed E-state index contributed by atoms with van der Waals surface area (Å²) in [5.74, 6) is 0. The Labute approximate surface area is 79.7 Å². The van der Waals surface area contributed by atoms with Crippen LogP contribution in [0.25, 0.3) is 0 Å². The maximum Gasteiger partial charge on any atom is 0.326 e. The zero-order valence-electron chi connectivity index (χ0n) is 7.24. The molecule has 1 aromatic rings. The molecule has 0 bridgehead atoms. The normalized spacial score (nSPS) is 11.2. The number of rotatable bonds is 3. The Morgan fingerprint density at radius 3 is 2.71 bits per heavy atom. The van der Waals surface area contributed by atoms with Gasteiger partial charge in [-0.25, -0.2) is 8.42 Å². The average molecular weight is 217 g/mol. The summed E-state index contributed by atoms with van der Waals surface area (Å²) in [4.78, 5) is 9.65. The quantitative estimate of drug-likeness (QED) is 0.534. The number of nitro groups is 1. The highest BCUT2D eigenvalue weighted by Gasteiger charge is 2.27. The van der Waals surface area contributed by atoms with Gasteiger partial charge in [0.1, 0.15) is 6.20 Å². The SMILES string of the molecule is C=CS(=O)(=O)c1nn(C)cc1[N+](=O)[O-]. The monoisotopic (exact) mass is 217 g/mol. The molecule has 0 aliphatic heterocycles. The lowest BCUT2D eigenvalue weighted by Crippen LogP contribution is -2.01. The molecule has 0 radical (unpaired) electrons. The van der Waals surface area contributed by atoms with Crippen molar-refractivity contribution in [1.82, 2.24) is 9.78 Å². The van der Waals surface area contributed by atoms with Crippen LogP contribution in [0, 0.1) is 10.1 Å². The smallest absolute Gasteiger partial charge is 0.267 e. The average Bonchev–Trinajstić information content (AvgIpc) is 2.48. The molecule has 1 heterocycles. The Hall–Kier alpha value is -1.70. The van der Waals surface area contributed by atoms with Crippen LogP contribution >= 0.6 is 0 Å². The molecule has 0 aliphatic carbocycles. The Morgan fingerprint density at radius 2 is 2.29 bits per heavy atom. The molecular formula is C6H7N3O4S.